The maximum absolute atomic E-state index is 12.3. The standard InChI is InChI=1S/C25H24N2O5/c1-31-24(29)17-26-25(30)19-11-13-20(14-12-19)27-23(28)15-16-32-22-10-6-5-9-21(22)18-7-3-2-4-8-18/h2-14H,15-17H2,1H3,(H,26,30)(H,27,28). The Kier molecular flexibility index (Phi) is 7.97. The first kappa shape index (κ1) is 22.6. The second kappa shape index (κ2) is 11.3. The van der Waals surface area contributed by atoms with Gasteiger partial charge in [0.15, 0.2) is 0 Å². The lowest BCUT2D eigenvalue weighted by Crippen LogP contribution is -2.30. The van der Waals surface area contributed by atoms with Gasteiger partial charge in [0.2, 0.25) is 5.91 Å². The second-order valence-electron chi connectivity index (χ2n) is 6.84. The summed E-state index contributed by atoms with van der Waals surface area (Å²) >= 11 is 0. The third-order valence-electron chi connectivity index (χ3n) is 4.61. The Balaban J connectivity index is 1.49. The lowest BCUT2D eigenvalue weighted by atomic mass is 10.1. The van der Waals surface area contributed by atoms with Crippen molar-refractivity contribution >= 4 is 23.5 Å². The average molecular weight is 432 g/mol. The van der Waals surface area contributed by atoms with Crippen LogP contribution in [0.3, 0.4) is 0 Å². The number of ether oxygens (including phenoxy) is 2. The first-order chi connectivity index (χ1) is 15.6. The number of hydrogen-bond donors (Lipinski definition) is 2. The number of amides is 2. The number of benzene rings is 3. The van der Waals surface area contributed by atoms with E-state index in [1.807, 2.05) is 54.6 Å². The summed E-state index contributed by atoms with van der Waals surface area (Å²) in [7, 11) is 1.25. The van der Waals surface area contributed by atoms with Crippen LogP contribution in [0.2, 0.25) is 0 Å². The molecule has 0 atom stereocenters. The van der Waals surface area contributed by atoms with Crippen LogP contribution in [0, 0.1) is 0 Å². The molecular formula is C25H24N2O5. The molecule has 164 valence electrons. The highest BCUT2D eigenvalue weighted by Gasteiger charge is 2.10. The molecule has 32 heavy (non-hydrogen) atoms. The molecule has 0 radical (unpaired) electrons. The van der Waals surface area contributed by atoms with Gasteiger partial charge >= 0.3 is 5.97 Å². The Hall–Kier alpha value is -4.13. The molecule has 0 aliphatic carbocycles. The van der Waals surface area contributed by atoms with Crippen molar-refractivity contribution in [3.05, 3.63) is 84.4 Å². The predicted octanol–water partition coefficient (Wildman–Crippen LogP) is 3.66. The summed E-state index contributed by atoms with van der Waals surface area (Å²) in [6.07, 6.45) is 0.171. The van der Waals surface area contributed by atoms with Crippen molar-refractivity contribution in [3.63, 3.8) is 0 Å². The quantitative estimate of drug-likeness (QED) is 0.503. The Morgan fingerprint density at radius 3 is 2.25 bits per heavy atom. The third-order valence-corrected chi connectivity index (χ3v) is 4.61. The summed E-state index contributed by atoms with van der Waals surface area (Å²) in [6.45, 7) is 0.0188. The topological polar surface area (TPSA) is 93.7 Å². The number of methoxy groups -OCH3 is 1. The molecule has 0 aliphatic rings. The fraction of sp³-hybridized carbons (Fsp3) is 0.160. The van der Waals surface area contributed by atoms with Gasteiger partial charge in [-0.1, -0.05) is 48.5 Å². The van der Waals surface area contributed by atoms with Gasteiger partial charge in [0.1, 0.15) is 12.3 Å². The largest absolute Gasteiger partial charge is 0.492 e. The molecule has 0 aliphatic heterocycles. The van der Waals surface area contributed by atoms with Gasteiger partial charge in [0.05, 0.1) is 20.1 Å². The highest BCUT2D eigenvalue weighted by atomic mass is 16.5. The summed E-state index contributed by atoms with van der Waals surface area (Å²) in [5, 5.41) is 5.23. The monoisotopic (exact) mass is 432 g/mol. The molecular weight excluding hydrogens is 408 g/mol. The Labute approximate surface area is 186 Å². The van der Waals surface area contributed by atoms with E-state index in [1.165, 1.54) is 7.11 Å². The molecule has 7 heteroatoms. The smallest absolute Gasteiger partial charge is 0.325 e. The van der Waals surface area contributed by atoms with Crippen molar-refractivity contribution in [2.75, 3.05) is 25.6 Å². The number of anilines is 1. The minimum Gasteiger partial charge on any atom is -0.492 e. The van der Waals surface area contributed by atoms with Gasteiger partial charge in [0.25, 0.3) is 5.91 Å². The number of esters is 1. The minimum absolute atomic E-state index is 0.171. The van der Waals surface area contributed by atoms with E-state index >= 15 is 0 Å². The lowest BCUT2D eigenvalue weighted by Gasteiger charge is -2.12. The van der Waals surface area contributed by atoms with Crippen LogP contribution >= 0.6 is 0 Å². The second-order valence-corrected chi connectivity index (χ2v) is 6.84. The molecule has 0 unspecified atom stereocenters. The van der Waals surface area contributed by atoms with Gasteiger partial charge in [-0.15, -0.1) is 0 Å². The maximum atomic E-state index is 12.3. The summed E-state index contributed by atoms with van der Waals surface area (Å²) in [5.41, 5.74) is 2.94. The van der Waals surface area contributed by atoms with Gasteiger partial charge in [-0.3, -0.25) is 14.4 Å². The van der Waals surface area contributed by atoms with Gasteiger partial charge < -0.3 is 20.1 Å². The van der Waals surface area contributed by atoms with Crippen LogP contribution in [0.1, 0.15) is 16.8 Å². The average Bonchev–Trinajstić information content (AvgIpc) is 2.83. The van der Waals surface area contributed by atoms with Crippen LogP contribution in [-0.4, -0.2) is 38.0 Å². The Morgan fingerprint density at radius 1 is 0.844 bits per heavy atom. The number of hydrogen-bond acceptors (Lipinski definition) is 5. The molecule has 0 saturated carbocycles. The summed E-state index contributed by atoms with van der Waals surface area (Å²) < 4.78 is 10.3. The molecule has 3 rings (SSSR count). The third kappa shape index (κ3) is 6.43. The van der Waals surface area contributed by atoms with E-state index in [0.29, 0.717) is 17.0 Å². The van der Waals surface area contributed by atoms with Crippen molar-refractivity contribution in [2.45, 2.75) is 6.42 Å². The molecule has 3 aromatic carbocycles. The zero-order valence-corrected chi connectivity index (χ0v) is 17.7. The highest BCUT2D eigenvalue weighted by Crippen LogP contribution is 2.29. The normalized spacial score (nSPS) is 10.2. The first-order valence-electron chi connectivity index (χ1n) is 10.1. The summed E-state index contributed by atoms with van der Waals surface area (Å²) in [5.74, 6) is -0.423. The number of carbonyl (C=O) groups is 3. The van der Waals surface area contributed by atoms with E-state index in [1.54, 1.807) is 24.3 Å². The zero-order chi connectivity index (χ0) is 22.8. The lowest BCUT2D eigenvalue weighted by molar-refractivity contribution is -0.139. The van der Waals surface area contributed by atoms with Crippen molar-refractivity contribution in [2.24, 2.45) is 0 Å². The number of nitrogens with one attached hydrogen (secondary N) is 2. The molecule has 0 fully saturated rings. The molecule has 0 aromatic heterocycles. The first-order valence-corrected chi connectivity index (χ1v) is 10.1. The van der Waals surface area contributed by atoms with Gasteiger partial charge in [-0.25, -0.2) is 0 Å². The van der Waals surface area contributed by atoms with Gasteiger partial charge in [-0.2, -0.15) is 0 Å². The Morgan fingerprint density at radius 2 is 1.53 bits per heavy atom. The van der Waals surface area contributed by atoms with Crippen LogP contribution in [0.4, 0.5) is 5.69 Å². The van der Waals surface area contributed by atoms with Crippen molar-refractivity contribution in [3.8, 4) is 16.9 Å². The molecule has 0 spiro atoms. The molecule has 7 nitrogen and oxygen atoms in total. The fourth-order valence-electron chi connectivity index (χ4n) is 2.96. The summed E-state index contributed by atoms with van der Waals surface area (Å²) in [4.78, 5) is 35.3. The van der Waals surface area contributed by atoms with Crippen LogP contribution in [0.25, 0.3) is 11.1 Å². The van der Waals surface area contributed by atoms with E-state index < -0.39 is 11.9 Å². The Bertz CT molecular complexity index is 1070. The fourth-order valence-corrected chi connectivity index (χ4v) is 2.96. The number of rotatable bonds is 9. The molecule has 0 bridgehead atoms. The molecule has 0 heterocycles. The van der Waals surface area contributed by atoms with E-state index in [9.17, 15) is 14.4 Å². The van der Waals surface area contributed by atoms with Crippen molar-refractivity contribution in [1.29, 1.82) is 0 Å². The molecule has 2 amide bonds. The van der Waals surface area contributed by atoms with E-state index in [0.717, 1.165) is 11.1 Å². The zero-order valence-electron chi connectivity index (χ0n) is 17.7. The molecule has 2 N–H and O–H groups in total. The van der Waals surface area contributed by atoms with Crippen molar-refractivity contribution < 1.29 is 23.9 Å². The van der Waals surface area contributed by atoms with Gasteiger partial charge in [0, 0.05) is 16.8 Å². The summed E-state index contributed by atoms with van der Waals surface area (Å²) in [6, 6.07) is 24.0. The van der Waals surface area contributed by atoms with E-state index in [-0.39, 0.29) is 25.5 Å². The highest BCUT2D eigenvalue weighted by molar-refractivity contribution is 5.97. The maximum Gasteiger partial charge on any atom is 0.325 e. The molecule has 0 saturated heterocycles. The van der Waals surface area contributed by atoms with E-state index in [2.05, 4.69) is 15.4 Å². The number of carbonyl (C=O) groups excluding carboxylic acids is 3. The van der Waals surface area contributed by atoms with Crippen LogP contribution in [0.15, 0.2) is 78.9 Å². The van der Waals surface area contributed by atoms with Crippen molar-refractivity contribution in [1.82, 2.24) is 5.32 Å². The molecule has 3 aromatic rings. The van der Waals surface area contributed by atoms with Gasteiger partial charge in [-0.05, 0) is 35.9 Å². The van der Waals surface area contributed by atoms with Crippen LogP contribution < -0.4 is 15.4 Å². The SMILES string of the molecule is COC(=O)CNC(=O)c1ccc(NC(=O)CCOc2ccccc2-c2ccccc2)cc1. The van der Waals surface area contributed by atoms with Crippen LogP contribution in [-0.2, 0) is 14.3 Å². The minimum atomic E-state index is -0.532. The number of para-hydroxylation sites is 1. The van der Waals surface area contributed by atoms with Crippen LogP contribution in [0.5, 0.6) is 5.75 Å². The predicted molar refractivity (Wildman–Crippen MR) is 121 cm³/mol. The van der Waals surface area contributed by atoms with E-state index in [4.69, 9.17) is 4.74 Å².